The van der Waals surface area contributed by atoms with Crippen LogP contribution in [0.2, 0.25) is 0 Å². The zero-order valence-corrected chi connectivity index (χ0v) is 9.71. The molecule has 0 heterocycles. The molecule has 2 rings (SSSR count). The first-order valence-electron chi connectivity index (χ1n) is 5.46. The summed E-state index contributed by atoms with van der Waals surface area (Å²) < 4.78 is 5.23. The Morgan fingerprint density at radius 3 is 2.62 bits per heavy atom. The highest BCUT2D eigenvalue weighted by Gasteiger charge is 2.43. The molecule has 0 bridgehead atoms. The van der Waals surface area contributed by atoms with Crippen molar-refractivity contribution in [1.29, 1.82) is 5.26 Å². The molecule has 0 atom stereocenters. The number of benzene rings is 1. The maximum absolute atomic E-state index is 9.10. The van der Waals surface area contributed by atoms with Crippen LogP contribution in [-0.2, 0) is 5.41 Å². The zero-order chi connectivity index (χ0) is 11.8. The molecule has 1 fully saturated rings. The number of methoxy groups -OCH3 is 1. The van der Waals surface area contributed by atoms with Gasteiger partial charge in [-0.3, -0.25) is 0 Å². The molecular formula is C13H16N2O. The van der Waals surface area contributed by atoms with Crippen LogP contribution in [-0.4, -0.2) is 13.7 Å². The van der Waals surface area contributed by atoms with Crippen molar-refractivity contribution in [2.45, 2.75) is 25.2 Å². The van der Waals surface area contributed by atoms with E-state index in [0.29, 0.717) is 17.9 Å². The van der Waals surface area contributed by atoms with E-state index in [9.17, 15) is 0 Å². The van der Waals surface area contributed by atoms with E-state index in [0.717, 1.165) is 18.4 Å². The average molecular weight is 216 g/mol. The molecule has 0 saturated heterocycles. The second-order valence-corrected chi connectivity index (χ2v) is 4.47. The fraction of sp³-hybridized carbons (Fsp3) is 0.462. The molecule has 0 amide bonds. The van der Waals surface area contributed by atoms with Gasteiger partial charge in [0.05, 0.1) is 12.7 Å². The number of nitrogens with zero attached hydrogens (tertiary/aromatic N) is 1. The third-order valence-corrected chi connectivity index (χ3v) is 3.46. The van der Waals surface area contributed by atoms with Gasteiger partial charge in [0.1, 0.15) is 11.8 Å². The Labute approximate surface area is 95.8 Å². The summed E-state index contributed by atoms with van der Waals surface area (Å²) in [6, 6.07) is 6.20. The topological polar surface area (TPSA) is 59.0 Å². The molecule has 1 saturated carbocycles. The fourth-order valence-corrected chi connectivity index (χ4v) is 2.20. The summed E-state index contributed by atoms with van der Waals surface area (Å²) in [5, 5.41) is 9.10. The lowest BCUT2D eigenvalue weighted by atomic mass is 9.92. The van der Waals surface area contributed by atoms with Crippen molar-refractivity contribution < 1.29 is 4.74 Å². The Kier molecular flexibility index (Phi) is 2.61. The molecule has 0 unspecified atom stereocenters. The summed E-state index contributed by atoms with van der Waals surface area (Å²) >= 11 is 0. The summed E-state index contributed by atoms with van der Waals surface area (Å²) in [5.74, 6) is 0.680. The largest absolute Gasteiger partial charge is 0.495 e. The van der Waals surface area contributed by atoms with Gasteiger partial charge in [-0.05, 0) is 37.0 Å². The number of ether oxygens (including phenoxy) is 1. The van der Waals surface area contributed by atoms with Crippen LogP contribution >= 0.6 is 0 Å². The third-order valence-electron chi connectivity index (χ3n) is 3.46. The minimum absolute atomic E-state index is 0.128. The molecule has 1 aliphatic rings. The average Bonchev–Trinajstić information content (AvgIpc) is 3.08. The number of nitrogens with two attached hydrogens (primary N) is 1. The predicted molar refractivity (Wildman–Crippen MR) is 62.4 cm³/mol. The number of hydrogen-bond donors (Lipinski definition) is 1. The van der Waals surface area contributed by atoms with Gasteiger partial charge in [0.15, 0.2) is 0 Å². The maximum atomic E-state index is 9.10. The van der Waals surface area contributed by atoms with Gasteiger partial charge in [-0.1, -0.05) is 6.07 Å². The molecule has 84 valence electrons. The van der Waals surface area contributed by atoms with Gasteiger partial charge < -0.3 is 10.5 Å². The van der Waals surface area contributed by atoms with Crippen LogP contribution < -0.4 is 10.5 Å². The van der Waals surface area contributed by atoms with Crippen molar-refractivity contribution in [2.24, 2.45) is 5.73 Å². The van der Waals surface area contributed by atoms with E-state index < -0.39 is 0 Å². The Hall–Kier alpha value is -1.53. The fourth-order valence-electron chi connectivity index (χ4n) is 2.20. The first kappa shape index (κ1) is 11.0. The predicted octanol–water partition coefficient (Wildman–Crippen LogP) is 1.87. The molecule has 1 aliphatic carbocycles. The second kappa shape index (κ2) is 3.80. The van der Waals surface area contributed by atoms with E-state index in [-0.39, 0.29) is 5.41 Å². The molecule has 3 nitrogen and oxygen atoms in total. The van der Waals surface area contributed by atoms with E-state index in [1.54, 1.807) is 7.11 Å². The SMILES string of the molecule is COc1c(C)cc(C2(CN)CC2)cc1C#N. The van der Waals surface area contributed by atoms with Crippen LogP contribution in [0.15, 0.2) is 12.1 Å². The van der Waals surface area contributed by atoms with Crippen molar-refractivity contribution in [2.75, 3.05) is 13.7 Å². The normalized spacial score (nSPS) is 16.6. The van der Waals surface area contributed by atoms with Crippen LogP contribution in [0, 0.1) is 18.3 Å². The quantitative estimate of drug-likeness (QED) is 0.839. The molecule has 0 aliphatic heterocycles. The summed E-state index contributed by atoms with van der Waals surface area (Å²) in [6.45, 7) is 2.62. The van der Waals surface area contributed by atoms with Gasteiger partial charge in [0, 0.05) is 12.0 Å². The lowest BCUT2D eigenvalue weighted by Gasteiger charge is -2.16. The summed E-state index contributed by atoms with van der Waals surface area (Å²) in [6.07, 6.45) is 2.25. The number of nitriles is 1. The zero-order valence-electron chi connectivity index (χ0n) is 9.71. The van der Waals surface area contributed by atoms with Gasteiger partial charge in [-0.25, -0.2) is 0 Å². The molecule has 0 radical (unpaired) electrons. The summed E-state index contributed by atoms with van der Waals surface area (Å²) in [5.41, 5.74) is 8.73. The number of rotatable bonds is 3. The maximum Gasteiger partial charge on any atom is 0.139 e. The van der Waals surface area contributed by atoms with Crippen molar-refractivity contribution in [3.63, 3.8) is 0 Å². The number of hydrogen-bond acceptors (Lipinski definition) is 3. The van der Waals surface area contributed by atoms with Gasteiger partial charge in [-0.15, -0.1) is 0 Å². The Morgan fingerprint density at radius 2 is 2.19 bits per heavy atom. The third kappa shape index (κ3) is 1.56. The second-order valence-electron chi connectivity index (χ2n) is 4.47. The van der Waals surface area contributed by atoms with E-state index in [4.69, 9.17) is 15.7 Å². The first-order valence-corrected chi connectivity index (χ1v) is 5.46. The molecule has 1 aromatic rings. The summed E-state index contributed by atoms with van der Waals surface area (Å²) in [7, 11) is 1.60. The van der Waals surface area contributed by atoms with Gasteiger partial charge in [0.25, 0.3) is 0 Å². The van der Waals surface area contributed by atoms with Gasteiger partial charge in [0.2, 0.25) is 0 Å². The molecule has 16 heavy (non-hydrogen) atoms. The van der Waals surface area contributed by atoms with Crippen molar-refractivity contribution in [1.82, 2.24) is 0 Å². The first-order chi connectivity index (χ1) is 7.66. The van der Waals surface area contributed by atoms with Crippen LogP contribution in [0.25, 0.3) is 0 Å². The van der Waals surface area contributed by atoms with Crippen molar-refractivity contribution >= 4 is 0 Å². The molecule has 3 heteroatoms. The molecular weight excluding hydrogens is 200 g/mol. The van der Waals surface area contributed by atoms with Crippen LogP contribution in [0.1, 0.15) is 29.5 Å². The lowest BCUT2D eigenvalue weighted by molar-refractivity contribution is 0.410. The standard InChI is InChI=1S/C13H16N2O/c1-9-5-11(13(8-15)3-4-13)6-10(7-14)12(9)16-2/h5-6H,3-4,8,15H2,1-2H3. The van der Waals surface area contributed by atoms with Crippen molar-refractivity contribution in [3.8, 4) is 11.8 Å². The Balaban J connectivity index is 2.51. The lowest BCUT2D eigenvalue weighted by Crippen LogP contribution is -2.20. The van der Waals surface area contributed by atoms with Crippen molar-refractivity contribution in [3.05, 3.63) is 28.8 Å². The molecule has 0 spiro atoms. The van der Waals surface area contributed by atoms with E-state index in [1.165, 1.54) is 5.56 Å². The Morgan fingerprint density at radius 1 is 1.50 bits per heavy atom. The highest BCUT2D eigenvalue weighted by atomic mass is 16.5. The smallest absolute Gasteiger partial charge is 0.139 e. The van der Waals surface area contributed by atoms with Gasteiger partial charge in [-0.2, -0.15) is 5.26 Å². The van der Waals surface area contributed by atoms with E-state index >= 15 is 0 Å². The van der Waals surface area contributed by atoms with E-state index in [1.807, 2.05) is 13.0 Å². The minimum atomic E-state index is 0.128. The summed E-state index contributed by atoms with van der Waals surface area (Å²) in [4.78, 5) is 0. The van der Waals surface area contributed by atoms with Gasteiger partial charge >= 0.3 is 0 Å². The Bertz CT molecular complexity index is 456. The highest BCUT2D eigenvalue weighted by Crippen LogP contribution is 2.48. The van der Waals surface area contributed by atoms with Crippen LogP contribution in [0.5, 0.6) is 5.75 Å². The minimum Gasteiger partial charge on any atom is -0.495 e. The highest BCUT2D eigenvalue weighted by molar-refractivity contribution is 5.53. The molecule has 2 N–H and O–H groups in total. The van der Waals surface area contributed by atoms with Crippen LogP contribution in [0.4, 0.5) is 0 Å². The molecule has 0 aromatic heterocycles. The van der Waals surface area contributed by atoms with Crippen LogP contribution in [0.3, 0.4) is 0 Å². The number of aryl methyl sites for hydroxylation is 1. The van der Waals surface area contributed by atoms with E-state index in [2.05, 4.69) is 12.1 Å². The molecule has 1 aromatic carbocycles. The monoisotopic (exact) mass is 216 g/mol.